The van der Waals surface area contributed by atoms with E-state index in [0.717, 1.165) is 6.54 Å². The zero-order chi connectivity index (χ0) is 3.54. The van der Waals surface area contributed by atoms with Gasteiger partial charge in [0, 0.05) is 6.54 Å². The number of rotatable bonds is 0. The quantitative estimate of drug-likeness (QED) is 0.379. The van der Waals surface area contributed by atoms with Crippen LogP contribution in [-0.4, -0.2) is 42.3 Å². The molecule has 1 aliphatic heterocycles. The van der Waals surface area contributed by atoms with Crippen LogP contribution in [0.5, 0.6) is 0 Å². The van der Waals surface area contributed by atoms with E-state index in [9.17, 15) is 0 Å². The van der Waals surface area contributed by atoms with E-state index in [4.69, 9.17) is 0 Å². The summed E-state index contributed by atoms with van der Waals surface area (Å²) in [5.74, 6) is 0. The van der Waals surface area contributed by atoms with Crippen LogP contribution in [0.25, 0.3) is 0 Å². The molecule has 0 saturated heterocycles. The molecule has 0 spiro atoms. The number of nitrogens with zero attached hydrogens (tertiary/aromatic N) is 1. The Morgan fingerprint density at radius 1 is 1.50 bits per heavy atom. The predicted octanol–water partition coefficient (Wildman–Crippen LogP) is 0.203. The van der Waals surface area contributed by atoms with Crippen LogP contribution in [-0.2, 0) is 0 Å². The van der Waals surface area contributed by atoms with Crippen molar-refractivity contribution in [2.45, 2.75) is 12.8 Å². The van der Waals surface area contributed by atoms with Crippen molar-refractivity contribution in [3.05, 3.63) is 0 Å². The Morgan fingerprint density at radius 2 is 2.33 bits per heavy atom. The van der Waals surface area contributed by atoms with Crippen LogP contribution in [0.3, 0.4) is 0 Å². The molecule has 0 amide bonds. The molecule has 1 aliphatic rings. The van der Waals surface area contributed by atoms with Gasteiger partial charge in [-0.05, 0) is 19.1 Å². The first-order chi connectivity index (χ1) is 2.50. The summed E-state index contributed by atoms with van der Waals surface area (Å²) in [7, 11) is 0. The molecule has 0 aromatic carbocycles. The van der Waals surface area contributed by atoms with E-state index in [0.29, 0.717) is 0 Å². The molecule has 0 N–H and O–H groups in total. The van der Waals surface area contributed by atoms with Gasteiger partial charge in [0.05, 0.1) is 0 Å². The molecule has 0 radical (unpaired) electrons. The minimum atomic E-state index is 0. The SMILES string of the molecule is C1=NCCC1.[NaH]. The second kappa shape index (κ2) is 3.85. The summed E-state index contributed by atoms with van der Waals surface area (Å²) in [6, 6.07) is 0. The zero-order valence-corrected chi connectivity index (χ0v) is 3.15. The van der Waals surface area contributed by atoms with Crippen molar-refractivity contribution >= 4 is 35.8 Å². The molecule has 0 aromatic rings. The molecule has 0 fully saturated rings. The molecule has 0 aliphatic carbocycles. The van der Waals surface area contributed by atoms with Crippen molar-refractivity contribution in [1.29, 1.82) is 0 Å². The van der Waals surface area contributed by atoms with Gasteiger partial charge in [-0.1, -0.05) is 0 Å². The van der Waals surface area contributed by atoms with Crippen molar-refractivity contribution in [2.24, 2.45) is 4.99 Å². The van der Waals surface area contributed by atoms with E-state index in [1.807, 2.05) is 6.21 Å². The van der Waals surface area contributed by atoms with Crippen molar-refractivity contribution < 1.29 is 0 Å². The molecule has 0 atom stereocenters. The summed E-state index contributed by atoms with van der Waals surface area (Å²) in [6.07, 6.45) is 4.47. The maximum absolute atomic E-state index is 3.96. The van der Waals surface area contributed by atoms with E-state index in [1.54, 1.807) is 0 Å². The fourth-order valence-electron chi connectivity index (χ4n) is 0.456. The van der Waals surface area contributed by atoms with Crippen molar-refractivity contribution in [2.75, 3.05) is 6.54 Å². The molecule has 0 unspecified atom stereocenters. The van der Waals surface area contributed by atoms with E-state index >= 15 is 0 Å². The van der Waals surface area contributed by atoms with Crippen molar-refractivity contribution in [1.82, 2.24) is 0 Å². The van der Waals surface area contributed by atoms with Gasteiger partial charge in [0.1, 0.15) is 0 Å². The van der Waals surface area contributed by atoms with Crippen LogP contribution < -0.4 is 0 Å². The minimum absolute atomic E-state index is 0. The molecule has 1 nitrogen and oxygen atoms in total. The average Bonchev–Trinajstić information content (AvgIpc) is 1.76. The van der Waals surface area contributed by atoms with Gasteiger partial charge in [-0.25, -0.2) is 0 Å². The molecule has 6 heavy (non-hydrogen) atoms. The topological polar surface area (TPSA) is 12.4 Å². The van der Waals surface area contributed by atoms with Crippen LogP contribution in [0, 0.1) is 0 Å². The van der Waals surface area contributed by atoms with Gasteiger partial charge in [-0.15, -0.1) is 0 Å². The molecule has 30 valence electrons. The van der Waals surface area contributed by atoms with Crippen LogP contribution in [0.4, 0.5) is 0 Å². The molecule has 1 rings (SSSR count). The van der Waals surface area contributed by atoms with Gasteiger partial charge < -0.3 is 0 Å². The number of hydrogen-bond acceptors (Lipinski definition) is 1. The molecular formula is C4H8NNa. The standard InChI is InChI=1S/C4H7N.Na.H/c1-2-4-5-3-1;;/h3H,1-2,4H2;;. The molecule has 2 heteroatoms. The first kappa shape index (κ1) is 6.67. The van der Waals surface area contributed by atoms with E-state index in [-0.39, 0.29) is 29.6 Å². The summed E-state index contributed by atoms with van der Waals surface area (Å²) >= 11 is 0. The first-order valence-corrected chi connectivity index (χ1v) is 1.98. The van der Waals surface area contributed by atoms with Gasteiger partial charge in [-0.2, -0.15) is 0 Å². The Hall–Kier alpha value is 0.670. The number of aliphatic imine (C=N–C) groups is 1. The normalized spacial score (nSPS) is 17.3. The van der Waals surface area contributed by atoms with Crippen LogP contribution in [0.15, 0.2) is 4.99 Å². The van der Waals surface area contributed by atoms with Gasteiger partial charge >= 0.3 is 29.6 Å². The van der Waals surface area contributed by atoms with Crippen LogP contribution in [0.2, 0.25) is 0 Å². The maximum atomic E-state index is 3.96. The van der Waals surface area contributed by atoms with E-state index < -0.39 is 0 Å². The molecule has 0 aromatic heterocycles. The summed E-state index contributed by atoms with van der Waals surface area (Å²) in [6.45, 7) is 1.07. The molecule has 1 heterocycles. The first-order valence-electron chi connectivity index (χ1n) is 1.98. The van der Waals surface area contributed by atoms with E-state index in [2.05, 4.69) is 4.99 Å². The van der Waals surface area contributed by atoms with Crippen LogP contribution in [0.1, 0.15) is 12.8 Å². The Balaban J connectivity index is 0.000000250. The third-order valence-corrected chi connectivity index (χ3v) is 0.750. The van der Waals surface area contributed by atoms with Crippen molar-refractivity contribution in [3.63, 3.8) is 0 Å². The summed E-state index contributed by atoms with van der Waals surface area (Å²) < 4.78 is 0. The Morgan fingerprint density at radius 3 is 2.50 bits per heavy atom. The Bertz CT molecular complexity index is 45.5. The monoisotopic (exact) mass is 93.1 g/mol. The van der Waals surface area contributed by atoms with Crippen LogP contribution >= 0.6 is 0 Å². The Labute approximate surface area is 60.1 Å². The van der Waals surface area contributed by atoms with E-state index in [1.165, 1.54) is 12.8 Å². The fourth-order valence-corrected chi connectivity index (χ4v) is 0.456. The fraction of sp³-hybridized carbons (Fsp3) is 0.750. The second-order valence-electron chi connectivity index (χ2n) is 1.23. The van der Waals surface area contributed by atoms with Gasteiger partial charge in [0.25, 0.3) is 0 Å². The number of hydrogen-bond donors (Lipinski definition) is 0. The Kier molecular flexibility index (Phi) is 4.28. The summed E-state index contributed by atoms with van der Waals surface area (Å²) in [5.41, 5.74) is 0. The van der Waals surface area contributed by atoms with Gasteiger partial charge in [-0.3, -0.25) is 4.99 Å². The van der Waals surface area contributed by atoms with Gasteiger partial charge in [0.2, 0.25) is 0 Å². The predicted molar refractivity (Wildman–Crippen MR) is 29.7 cm³/mol. The third kappa shape index (κ3) is 1.96. The average molecular weight is 93.1 g/mol. The second-order valence-corrected chi connectivity index (χ2v) is 1.23. The third-order valence-electron chi connectivity index (χ3n) is 0.750. The molecular weight excluding hydrogens is 85.0 g/mol. The van der Waals surface area contributed by atoms with Gasteiger partial charge in [0.15, 0.2) is 0 Å². The van der Waals surface area contributed by atoms with Crippen molar-refractivity contribution in [3.8, 4) is 0 Å². The summed E-state index contributed by atoms with van der Waals surface area (Å²) in [5, 5.41) is 0. The molecule has 0 bridgehead atoms. The summed E-state index contributed by atoms with van der Waals surface area (Å²) in [4.78, 5) is 3.96. The molecule has 0 saturated carbocycles. The zero-order valence-electron chi connectivity index (χ0n) is 3.15.